The van der Waals surface area contributed by atoms with Gasteiger partial charge in [-0.3, -0.25) is 4.90 Å². The van der Waals surface area contributed by atoms with Crippen LogP contribution in [-0.4, -0.2) is 10.9 Å². The van der Waals surface area contributed by atoms with Gasteiger partial charge in [-0.05, 0) is 59.0 Å². The molecule has 0 spiro atoms. The van der Waals surface area contributed by atoms with Crippen molar-refractivity contribution in [1.29, 1.82) is 0 Å². The third kappa shape index (κ3) is 4.01. The van der Waals surface area contributed by atoms with Crippen LogP contribution in [0.4, 0.5) is 0 Å². The second kappa shape index (κ2) is 8.50. The highest BCUT2D eigenvalue weighted by Crippen LogP contribution is 2.43. The van der Waals surface area contributed by atoms with Gasteiger partial charge >= 0.3 is 0 Å². The van der Waals surface area contributed by atoms with E-state index in [0.717, 1.165) is 23.2 Å². The Hall–Kier alpha value is -2.10. The number of benzene rings is 3. The first-order valence-electron chi connectivity index (χ1n) is 9.91. The summed E-state index contributed by atoms with van der Waals surface area (Å²) in [5.41, 5.74) is 5.26. The summed E-state index contributed by atoms with van der Waals surface area (Å²) in [4.78, 5) is 2.58. The highest BCUT2D eigenvalue weighted by Gasteiger charge is 2.32. The normalized spacial score (nSPS) is 19.2. The minimum absolute atomic E-state index is 0.294. The molecule has 0 aromatic heterocycles. The molecule has 0 N–H and O–H groups in total. The van der Waals surface area contributed by atoms with Crippen LogP contribution in [0.5, 0.6) is 5.75 Å². The van der Waals surface area contributed by atoms with Crippen LogP contribution in [0.15, 0.2) is 77.3 Å². The molecule has 3 aromatic carbocycles. The Morgan fingerprint density at radius 1 is 0.893 bits per heavy atom. The molecule has 2 atom stereocenters. The van der Waals surface area contributed by atoms with Gasteiger partial charge < -0.3 is 4.74 Å². The summed E-state index contributed by atoms with van der Waals surface area (Å²) in [6.07, 6.45) is 1.04. The highest BCUT2D eigenvalue weighted by molar-refractivity contribution is 9.10. The largest absolute Gasteiger partial charge is 0.487 e. The van der Waals surface area contributed by atoms with Crippen molar-refractivity contribution in [3.05, 3.63) is 99.5 Å². The van der Waals surface area contributed by atoms with Crippen molar-refractivity contribution >= 4 is 15.9 Å². The maximum Gasteiger partial charge on any atom is 0.139 e. The predicted octanol–water partition coefficient (Wildman–Crippen LogP) is 6.54. The van der Waals surface area contributed by atoms with Crippen LogP contribution >= 0.6 is 15.9 Å². The van der Waals surface area contributed by atoms with Crippen molar-refractivity contribution in [1.82, 2.24) is 4.90 Å². The van der Waals surface area contributed by atoms with Gasteiger partial charge in [-0.2, -0.15) is 0 Å². The van der Waals surface area contributed by atoms with E-state index in [1.165, 1.54) is 22.3 Å². The lowest BCUT2D eigenvalue weighted by atomic mass is 9.88. The number of nitrogens with zero attached hydrogens (tertiary/aromatic N) is 1. The molecule has 3 aromatic rings. The van der Waals surface area contributed by atoms with Crippen LogP contribution in [0.1, 0.15) is 42.1 Å². The first kappa shape index (κ1) is 19.2. The molecule has 1 aliphatic heterocycles. The third-order valence-electron chi connectivity index (χ3n) is 5.67. The van der Waals surface area contributed by atoms with Gasteiger partial charge in [-0.1, -0.05) is 66.7 Å². The van der Waals surface area contributed by atoms with E-state index < -0.39 is 0 Å². The molecule has 2 nitrogen and oxygen atoms in total. The van der Waals surface area contributed by atoms with E-state index in [0.29, 0.717) is 18.7 Å². The van der Waals surface area contributed by atoms with Crippen molar-refractivity contribution < 1.29 is 4.74 Å². The fourth-order valence-corrected chi connectivity index (χ4v) is 4.66. The molecule has 0 amide bonds. The van der Waals surface area contributed by atoms with E-state index >= 15 is 0 Å². The lowest BCUT2D eigenvalue weighted by Gasteiger charge is -2.41. The molecular weight excluding hydrogens is 410 g/mol. The second-order valence-corrected chi connectivity index (χ2v) is 8.46. The van der Waals surface area contributed by atoms with Gasteiger partial charge in [0.25, 0.3) is 0 Å². The average molecular weight is 436 g/mol. The Kier molecular flexibility index (Phi) is 5.84. The molecule has 1 heterocycles. The zero-order chi connectivity index (χ0) is 19.5. The molecule has 0 saturated carbocycles. The smallest absolute Gasteiger partial charge is 0.139 e. The fraction of sp³-hybridized carbons (Fsp3) is 0.280. The zero-order valence-corrected chi connectivity index (χ0v) is 18.0. The summed E-state index contributed by atoms with van der Waals surface area (Å²) in [6.45, 7) is 6.16. The van der Waals surface area contributed by atoms with Crippen molar-refractivity contribution in [3.63, 3.8) is 0 Å². The minimum atomic E-state index is 0.294. The van der Waals surface area contributed by atoms with Crippen LogP contribution in [-0.2, 0) is 19.6 Å². The van der Waals surface area contributed by atoms with Crippen molar-refractivity contribution in [3.8, 4) is 5.75 Å². The van der Waals surface area contributed by atoms with Crippen LogP contribution < -0.4 is 4.74 Å². The van der Waals surface area contributed by atoms with E-state index in [9.17, 15) is 0 Å². The minimum Gasteiger partial charge on any atom is -0.487 e. The van der Waals surface area contributed by atoms with Gasteiger partial charge in [-0.15, -0.1) is 0 Å². The molecule has 0 bridgehead atoms. The molecule has 3 heteroatoms. The summed E-state index contributed by atoms with van der Waals surface area (Å²) >= 11 is 3.73. The zero-order valence-electron chi connectivity index (χ0n) is 16.4. The predicted molar refractivity (Wildman–Crippen MR) is 118 cm³/mol. The van der Waals surface area contributed by atoms with Gasteiger partial charge in [0.15, 0.2) is 0 Å². The lowest BCUT2D eigenvalue weighted by Crippen LogP contribution is -2.40. The lowest BCUT2D eigenvalue weighted by molar-refractivity contribution is 0.125. The molecule has 0 saturated heterocycles. The van der Waals surface area contributed by atoms with Crippen molar-refractivity contribution in [2.24, 2.45) is 0 Å². The Morgan fingerprint density at radius 3 is 2.21 bits per heavy atom. The molecular formula is C25H26BrNO. The molecule has 144 valence electrons. The number of fused-ring (bicyclic) bond motifs is 1. The van der Waals surface area contributed by atoms with E-state index in [1.807, 2.05) is 6.07 Å². The van der Waals surface area contributed by atoms with E-state index in [2.05, 4.69) is 101 Å². The molecule has 28 heavy (non-hydrogen) atoms. The molecule has 0 radical (unpaired) electrons. The van der Waals surface area contributed by atoms with E-state index in [-0.39, 0.29) is 0 Å². The summed E-state index contributed by atoms with van der Waals surface area (Å²) in [7, 11) is 0. The first-order chi connectivity index (χ1) is 13.6. The van der Waals surface area contributed by atoms with Crippen LogP contribution in [0.25, 0.3) is 0 Å². The van der Waals surface area contributed by atoms with Crippen molar-refractivity contribution in [2.45, 2.75) is 45.5 Å². The third-order valence-corrected chi connectivity index (χ3v) is 6.29. The number of halogens is 1. The second-order valence-electron chi connectivity index (χ2n) is 7.61. The Labute approximate surface area is 176 Å². The molecule has 0 unspecified atom stereocenters. The average Bonchev–Trinajstić information content (AvgIpc) is 2.72. The number of rotatable bonds is 5. The molecule has 0 fully saturated rings. The molecule has 1 aliphatic rings. The van der Waals surface area contributed by atoms with Gasteiger partial charge in [0.2, 0.25) is 0 Å². The van der Waals surface area contributed by atoms with Gasteiger partial charge in [0.05, 0.1) is 4.47 Å². The van der Waals surface area contributed by atoms with Gasteiger partial charge in [0, 0.05) is 24.2 Å². The van der Waals surface area contributed by atoms with E-state index in [4.69, 9.17) is 4.74 Å². The summed E-state index contributed by atoms with van der Waals surface area (Å²) in [5, 5.41) is 0. The Morgan fingerprint density at radius 2 is 1.54 bits per heavy atom. The van der Waals surface area contributed by atoms with E-state index in [1.54, 1.807) is 0 Å². The monoisotopic (exact) mass is 435 g/mol. The van der Waals surface area contributed by atoms with Crippen LogP contribution in [0.2, 0.25) is 0 Å². The fourth-order valence-electron chi connectivity index (χ4n) is 4.20. The standard InChI is InChI=1S/C25H26BrNO/c1-18-15-22-13-14-23(26)25(28-17-21-11-7-4-8-12-21)24(22)19(2)27(18)16-20-9-5-3-6-10-20/h3-14,18-19H,15-17H2,1-2H3/t18-,19-/m1/s1. The topological polar surface area (TPSA) is 12.5 Å². The maximum atomic E-state index is 6.35. The number of hydrogen-bond donors (Lipinski definition) is 0. The SMILES string of the molecule is C[C@@H]1Cc2ccc(Br)c(OCc3ccccc3)c2[C@@H](C)N1Cc1ccccc1. The Bertz CT molecular complexity index is 926. The number of hydrogen-bond acceptors (Lipinski definition) is 2. The number of ether oxygens (including phenoxy) is 1. The van der Waals surface area contributed by atoms with Gasteiger partial charge in [0.1, 0.15) is 12.4 Å². The summed E-state index contributed by atoms with van der Waals surface area (Å²) in [6, 6.07) is 26.3. The summed E-state index contributed by atoms with van der Waals surface area (Å²) in [5.74, 6) is 0.985. The Balaban J connectivity index is 1.63. The van der Waals surface area contributed by atoms with Gasteiger partial charge in [-0.25, -0.2) is 0 Å². The van der Waals surface area contributed by atoms with Crippen LogP contribution in [0.3, 0.4) is 0 Å². The van der Waals surface area contributed by atoms with Crippen molar-refractivity contribution in [2.75, 3.05) is 0 Å². The maximum absolute atomic E-state index is 6.35. The molecule has 0 aliphatic carbocycles. The summed E-state index contributed by atoms with van der Waals surface area (Å²) < 4.78 is 7.38. The molecule has 4 rings (SSSR count). The quantitative estimate of drug-likeness (QED) is 0.451. The first-order valence-corrected chi connectivity index (χ1v) is 10.7. The highest BCUT2D eigenvalue weighted by atomic mass is 79.9. The van der Waals surface area contributed by atoms with Crippen LogP contribution in [0, 0.1) is 0 Å².